The van der Waals surface area contributed by atoms with Crippen LogP contribution < -0.4 is 24.4 Å². The van der Waals surface area contributed by atoms with Gasteiger partial charge in [0.05, 0.1) is 7.11 Å². The lowest BCUT2D eigenvalue weighted by molar-refractivity contribution is 0.0855. The molecule has 2 aliphatic heterocycles. The Hall–Kier alpha value is -2.54. The van der Waals surface area contributed by atoms with Crippen molar-refractivity contribution < 1.29 is 14.2 Å². The molecule has 4 rings (SSSR count). The van der Waals surface area contributed by atoms with Gasteiger partial charge in [0.2, 0.25) is 11.7 Å². The van der Waals surface area contributed by atoms with E-state index < -0.39 is 0 Å². The number of hydrogen-bond donors (Lipinski definition) is 1. The Morgan fingerprint density at radius 2 is 1.96 bits per heavy atom. The summed E-state index contributed by atoms with van der Waals surface area (Å²) in [7, 11) is 1.65. The quantitative estimate of drug-likeness (QED) is 0.835. The van der Waals surface area contributed by atoms with E-state index in [0.717, 1.165) is 50.7 Å². The van der Waals surface area contributed by atoms with E-state index in [4.69, 9.17) is 14.2 Å². The average Bonchev–Trinajstić information content (AvgIpc) is 2.74. The second-order valence-corrected chi connectivity index (χ2v) is 6.98. The molecule has 7 heteroatoms. The van der Waals surface area contributed by atoms with Crippen molar-refractivity contribution in [3.63, 3.8) is 0 Å². The lowest BCUT2D eigenvalue weighted by Gasteiger charge is -2.32. The minimum Gasteiger partial charge on any atom is -0.493 e. The van der Waals surface area contributed by atoms with Crippen LogP contribution in [0.3, 0.4) is 0 Å². The number of benzene rings is 1. The smallest absolute Gasteiger partial charge is 0.225 e. The SMILES string of the molecule is COc1cccc2c1OC(CNCC1CCN(c3ncccn3)CC1)CO2. The Labute approximate surface area is 159 Å². The van der Waals surface area contributed by atoms with Crippen molar-refractivity contribution in [3.8, 4) is 17.2 Å². The van der Waals surface area contributed by atoms with E-state index in [1.807, 2.05) is 24.3 Å². The summed E-state index contributed by atoms with van der Waals surface area (Å²) >= 11 is 0. The molecule has 0 radical (unpaired) electrons. The molecule has 1 aromatic carbocycles. The Morgan fingerprint density at radius 3 is 2.74 bits per heavy atom. The van der Waals surface area contributed by atoms with Crippen LogP contribution in [0.2, 0.25) is 0 Å². The van der Waals surface area contributed by atoms with Gasteiger partial charge in [0.1, 0.15) is 12.7 Å². The van der Waals surface area contributed by atoms with Crippen molar-refractivity contribution in [2.24, 2.45) is 5.92 Å². The zero-order chi connectivity index (χ0) is 18.5. The zero-order valence-corrected chi connectivity index (χ0v) is 15.6. The van der Waals surface area contributed by atoms with Crippen molar-refractivity contribution >= 4 is 5.95 Å². The first-order valence-corrected chi connectivity index (χ1v) is 9.52. The van der Waals surface area contributed by atoms with Gasteiger partial charge < -0.3 is 24.4 Å². The van der Waals surface area contributed by atoms with Crippen LogP contribution in [0.4, 0.5) is 5.95 Å². The van der Waals surface area contributed by atoms with Crippen molar-refractivity contribution in [3.05, 3.63) is 36.7 Å². The van der Waals surface area contributed by atoms with E-state index >= 15 is 0 Å². The normalized spacial score (nSPS) is 19.7. The largest absolute Gasteiger partial charge is 0.493 e. The fourth-order valence-corrected chi connectivity index (χ4v) is 3.61. The summed E-state index contributed by atoms with van der Waals surface area (Å²) in [4.78, 5) is 10.9. The minimum atomic E-state index is -0.00777. The van der Waals surface area contributed by atoms with Gasteiger partial charge in [-0.05, 0) is 43.5 Å². The number of anilines is 1. The van der Waals surface area contributed by atoms with Gasteiger partial charge in [-0.25, -0.2) is 9.97 Å². The number of fused-ring (bicyclic) bond motifs is 1. The molecule has 3 heterocycles. The van der Waals surface area contributed by atoms with Gasteiger partial charge in [0.15, 0.2) is 11.5 Å². The van der Waals surface area contributed by atoms with Gasteiger partial charge in [-0.15, -0.1) is 0 Å². The van der Waals surface area contributed by atoms with Crippen LogP contribution in [0.5, 0.6) is 17.2 Å². The summed E-state index contributed by atoms with van der Waals surface area (Å²) in [5.41, 5.74) is 0. The van der Waals surface area contributed by atoms with Gasteiger partial charge in [-0.1, -0.05) is 6.07 Å². The summed E-state index contributed by atoms with van der Waals surface area (Å²) in [6.45, 7) is 4.31. The maximum Gasteiger partial charge on any atom is 0.225 e. The third kappa shape index (κ3) is 4.24. The molecular weight excluding hydrogens is 344 g/mol. The van der Waals surface area contributed by atoms with Crippen LogP contribution in [0.25, 0.3) is 0 Å². The molecule has 144 valence electrons. The number of piperidine rings is 1. The maximum absolute atomic E-state index is 6.08. The molecule has 0 bridgehead atoms. The second-order valence-electron chi connectivity index (χ2n) is 6.98. The lowest BCUT2D eigenvalue weighted by Crippen LogP contribution is -2.42. The lowest BCUT2D eigenvalue weighted by atomic mass is 9.97. The first-order chi connectivity index (χ1) is 13.3. The standard InChI is InChI=1S/C20H26N4O3/c1-25-17-4-2-5-18-19(17)27-16(14-26-18)13-21-12-15-6-10-24(11-7-15)20-22-8-3-9-23-20/h2-5,8-9,15-16,21H,6-7,10-14H2,1H3. The van der Waals surface area contributed by atoms with Crippen LogP contribution in [0.15, 0.2) is 36.7 Å². The first-order valence-electron chi connectivity index (χ1n) is 9.52. The van der Waals surface area contributed by atoms with Crippen LogP contribution in [-0.4, -0.2) is 56.0 Å². The Balaban J connectivity index is 1.21. The molecule has 1 N–H and O–H groups in total. The average molecular weight is 370 g/mol. The third-order valence-corrected chi connectivity index (χ3v) is 5.13. The number of para-hydroxylation sites is 1. The van der Waals surface area contributed by atoms with E-state index in [0.29, 0.717) is 24.0 Å². The number of nitrogens with zero attached hydrogens (tertiary/aromatic N) is 3. The molecule has 1 aromatic heterocycles. The molecular formula is C20H26N4O3. The van der Waals surface area contributed by atoms with E-state index in [1.165, 1.54) is 0 Å². The van der Waals surface area contributed by atoms with E-state index in [1.54, 1.807) is 19.5 Å². The molecule has 1 fully saturated rings. The molecule has 1 atom stereocenters. The minimum absolute atomic E-state index is 0.00777. The molecule has 2 aliphatic rings. The number of hydrogen-bond acceptors (Lipinski definition) is 7. The number of rotatable bonds is 6. The fraction of sp³-hybridized carbons (Fsp3) is 0.500. The Morgan fingerprint density at radius 1 is 1.15 bits per heavy atom. The van der Waals surface area contributed by atoms with E-state index in [2.05, 4.69) is 20.2 Å². The molecule has 0 aliphatic carbocycles. The fourth-order valence-electron chi connectivity index (χ4n) is 3.61. The molecule has 27 heavy (non-hydrogen) atoms. The van der Waals surface area contributed by atoms with Crippen LogP contribution in [0, 0.1) is 5.92 Å². The predicted octanol–water partition coefficient (Wildman–Crippen LogP) is 2.13. The molecule has 0 saturated carbocycles. The number of ether oxygens (including phenoxy) is 3. The number of nitrogens with one attached hydrogen (secondary N) is 1. The van der Waals surface area contributed by atoms with Crippen molar-refractivity contribution in [2.75, 3.05) is 44.8 Å². The highest BCUT2D eigenvalue weighted by Crippen LogP contribution is 2.39. The highest BCUT2D eigenvalue weighted by Gasteiger charge is 2.25. The molecule has 0 amide bonds. The van der Waals surface area contributed by atoms with Crippen molar-refractivity contribution in [1.29, 1.82) is 0 Å². The summed E-state index contributed by atoms with van der Waals surface area (Å²) in [5, 5.41) is 3.55. The van der Waals surface area contributed by atoms with Crippen LogP contribution >= 0.6 is 0 Å². The monoisotopic (exact) mass is 370 g/mol. The Kier molecular flexibility index (Phi) is 5.58. The predicted molar refractivity (Wildman–Crippen MR) is 103 cm³/mol. The summed E-state index contributed by atoms with van der Waals surface area (Å²) < 4.78 is 17.3. The van der Waals surface area contributed by atoms with Crippen LogP contribution in [-0.2, 0) is 0 Å². The van der Waals surface area contributed by atoms with Gasteiger partial charge >= 0.3 is 0 Å². The van der Waals surface area contributed by atoms with Gasteiger partial charge in [0, 0.05) is 32.0 Å². The van der Waals surface area contributed by atoms with Gasteiger partial charge in [-0.3, -0.25) is 0 Å². The molecule has 1 saturated heterocycles. The summed E-state index contributed by atoms with van der Waals surface area (Å²) in [6.07, 6.45) is 5.88. The molecule has 7 nitrogen and oxygen atoms in total. The molecule has 1 unspecified atom stereocenters. The second kappa shape index (κ2) is 8.43. The molecule has 2 aromatic rings. The van der Waals surface area contributed by atoms with Crippen LogP contribution in [0.1, 0.15) is 12.8 Å². The Bertz CT molecular complexity index is 721. The van der Waals surface area contributed by atoms with Crippen molar-refractivity contribution in [2.45, 2.75) is 18.9 Å². The summed E-state index contributed by atoms with van der Waals surface area (Å²) in [6, 6.07) is 7.56. The summed E-state index contributed by atoms with van der Waals surface area (Å²) in [5.74, 6) is 3.67. The first kappa shape index (κ1) is 17.9. The number of methoxy groups -OCH3 is 1. The highest BCUT2D eigenvalue weighted by molar-refractivity contribution is 5.52. The highest BCUT2D eigenvalue weighted by atomic mass is 16.6. The van der Waals surface area contributed by atoms with E-state index in [9.17, 15) is 0 Å². The third-order valence-electron chi connectivity index (χ3n) is 5.13. The zero-order valence-electron chi connectivity index (χ0n) is 15.6. The number of aromatic nitrogens is 2. The van der Waals surface area contributed by atoms with Crippen molar-refractivity contribution in [1.82, 2.24) is 15.3 Å². The van der Waals surface area contributed by atoms with Gasteiger partial charge in [-0.2, -0.15) is 0 Å². The molecule has 0 spiro atoms. The topological polar surface area (TPSA) is 68.7 Å². The van der Waals surface area contributed by atoms with E-state index in [-0.39, 0.29) is 6.10 Å². The maximum atomic E-state index is 6.08. The van der Waals surface area contributed by atoms with Gasteiger partial charge in [0.25, 0.3) is 0 Å².